The molecule has 0 bridgehead atoms. The maximum absolute atomic E-state index is 11.8. The van der Waals surface area contributed by atoms with E-state index in [0.717, 1.165) is 17.5 Å². The Labute approximate surface area is 129 Å². The first-order valence-electron chi connectivity index (χ1n) is 7.60. The first-order valence-corrected chi connectivity index (χ1v) is 7.60. The summed E-state index contributed by atoms with van der Waals surface area (Å²) in [5.41, 5.74) is 2.15. The van der Waals surface area contributed by atoms with Crippen LogP contribution in [0, 0.1) is 0 Å². The summed E-state index contributed by atoms with van der Waals surface area (Å²) in [5.74, 6) is 0.522. The minimum Gasteiger partial charge on any atom is -0.335 e. The Morgan fingerprint density at radius 3 is 2.43 bits per heavy atom. The van der Waals surface area contributed by atoms with Crippen LogP contribution >= 0.6 is 0 Å². The molecule has 1 atom stereocenters. The Balaban J connectivity index is 0.00000242. The summed E-state index contributed by atoms with van der Waals surface area (Å²) in [6.07, 6.45) is 0.920. The van der Waals surface area contributed by atoms with E-state index in [9.17, 15) is 4.79 Å². The number of hydrogen-bond acceptors (Lipinski definition) is 1. The summed E-state index contributed by atoms with van der Waals surface area (Å²) < 4.78 is 0. The molecule has 116 valence electrons. The number of hydrogen-bond donors (Lipinski definition) is 2. The molecule has 0 saturated carbocycles. The van der Waals surface area contributed by atoms with Crippen LogP contribution in [0.1, 0.15) is 48.5 Å². The van der Waals surface area contributed by atoms with Gasteiger partial charge in [-0.2, -0.15) is 0 Å². The molecule has 2 aromatic carbocycles. The van der Waals surface area contributed by atoms with Crippen LogP contribution in [0.15, 0.2) is 36.4 Å². The minimum absolute atomic E-state index is 0. The maximum atomic E-state index is 11.8. The molecule has 0 aliphatic heterocycles. The zero-order chi connectivity index (χ0) is 15.4. The number of amides is 2. The van der Waals surface area contributed by atoms with Crippen molar-refractivity contribution in [3.05, 3.63) is 42.0 Å². The van der Waals surface area contributed by atoms with Crippen molar-refractivity contribution in [1.82, 2.24) is 5.32 Å². The molecule has 3 nitrogen and oxygen atoms in total. The molecule has 2 rings (SSSR count). The molecule has 3 heteroatoms. The molecule has 0 aliphatic rings. The van der Waals surface area contributed by atoms with E-state index >= 15 is 0 Å². The first-order chi connectivity index (χ1) is 9.99. The highest BCUT2D eigenvalue weighted by Gasteiger charge is 2.06. The quantitative estimate of drug-likeness (QED) is 0.779. The van der Waals surface area contributed by atoms with Crippen molar-refractivity contribution in [1.29, 1.82) is 0 Å². The molecule has 1 unspecified atom stereocenters. The lowest BCUT2D eigenvalue weighted by atomic mass is 9.99. The Morgan fingerprint density at radius 2 is 1.76 bits per heavy atom. The van der Waals surface area contributed by atoms with Crippen molar-refractivity contribution in [3.63, 3.8) is 0 Å². The molecule has 0 aliphatic carbocycles. The Morgan fingerprint density at radius 1 is 1.10 bits per heavy atom. The average molecular weight is 288 g/mol. The van der Waals surface area contributed by atoms with Crippen molar-refractivity contribution in [2.24, 2.45) is 0 Å². The lowest BCUT2D eigenvalue weighted by Gasteiger charge is -2.13. The smallest absolute Gasteiger partial charge is 0.319 e. The van der Waals surface area contributed by atoms with Gasteiger partial charge in [-0.3, -0.25) is 0 Å². The summed E-state index contributed by atoms with van der Waals surface area (Å²) in [6.45, 7) is 8.42. The third kappa shape index (κ3) is 3.97. The van der Waals surface area contributed by atoms with E-state index in [2.05, 4.69) is 48.7 Å². The number of rotatable bonds is 4. The highest BCUT2D eigenvalue weighted by molar-refractivity contribution is 5.93. The van der Waals surface area contributed by atoms with Crippen LogP contribution in [0.25, 0.3) is 10.8 Å². The van der Waals surface area contributed by atoms with Gasteiger partial charge in [0.25, 0.3) is 0 Å². The third-order valence-corrected chi connectivity index (χ3v) is 3.78. The molecule has 2 aromatic rings. The lowest BCUT2D eigenvalue weighted by molar-refractivity contribution is 0.249. The van der Waals surface area contributed by atoms with Gasteiger partial charge in [-0.05, 0) is 47.7 Å². The normalized spacial score (nSPS) is 12.4. The molecule has 2 N–H and O–H groups in total. The highest BCUT2D eigenvalue weighted by atomic mass is 16.2. The molecule has 0 heterocycles. The molecule has 0 spiro atoms. The van der Waals surface area contributed by atoms with Gasteiger partial charge in [0.1, 0.15) is 0 Å². The van der Waals surface area contributed by atoms with E-state index in [0.29, 0.717) is 5.92 Å². The van der Waals surface area contributed by atoms with Crippen LogP contribution in [-0.2, 0) is 0 Å². The fraction of sp³-hybridized carbons (Fsp3) is 0.389. The molecule has 0 saturated heterocycles. The van der Waals surface area contributed by atoms with Crippen molar-refractivity contribution < 1.29 is 7.65 Å². The number of nitrogens with one attached hydrogen (secondary N) is 2. The van der Waals surface area contributed by atoms with Crippen LogP contribution in [-0.4, -0.2) is 12.1 Å². The monoisotopic (exact) mass is 288 g/mol. The predicted octanol–water partition coefficient (Wildman–Crippen LogP) is 5.38. The minimum atomic E-state index is -0.150. The zero-order valence-electron chi connectivity index (χ0n) is 13.2. The molecule has 0 radical (unpaired) electrons. The second kappa shape index (κ2) is 6.61. The van der Waals surface area contributed by atoms with Crippen LogP contribution in [0.2, 0.25) is 0 Å². The van der Waals surface area contributed by atoms with Gasteiger partial charge in [0.15, 0.2) is 0 Å². The zero-order valence-corrected chi connectivity index (χ0v) is 13.2. The summed E-state index contributed by atoms with van der Waals surface area (Å²) >= 11 is 0. The van der Waals surface area contributed by atoms with E-state index in [1.54, 1.807) is 0 Å². The summed E-state index contributed by atoms with van der Waals surface area (Å²) in [6, 6.07) is 12.5. The second-order valence-corrected chi connectivity index (χ2v) is 5.88. The number of fused-ring (bicyclic) bond motifs is 1. The lowest BCUT2D eigenvalue weighted by Crippen LogP contribution is -2.35. The fourth-order valence-electron chi connectivity index (χ4n) is 2.19. The van der Waals surface area contributed by atoms with E-state index in [1.165, 1.54) is 10.9 Å². The van der Waals surface area contributed by atoms with Gasteiger partial charge in [-0.25, -0.2) is 4.79 Å². The van der Waals surface area contributed by atoms with Gasteiger partial charge in [0.2, 0.25) is 0 Å². The summed E-state index contributed by atoms with van der Waals surface area (Å²) in [7, 11) is 0. The number of anilines is 1. The molecular formula is C18H28N2O. The standard InChI is InChI=1S/C18H24N2O.2H2/c1-5-13(4)19-18(21)20-17-9-8-15-10-14(12(2)3)6-7-16(15)11-17;;/h6-13H,5H2,1-4H3,(H2,19,20,21);2*1H. The van der Waals surface area contributed by atoms with E-state index in [-0.39, 0.29) is 14.9 Å². The highest BCUT2D eigenvalue weighted by Crippen LogP contribution is 2.24. The largest absolute Gasteiger partial charge is 0.335 e. The van der Waals surface area contributed by atoms with Crippen molar-refractivity contribution >= 4 is 22.5 Å². The third-order valence-electron chi connectivity index (χ3n) is 3.78. The van der Waals surface area contributed by atoms with Crippen LogP contribution in [0.4, 0.5) is 10.5 Å². The molecule has 0 fully saturated rings. The molecule has 2 amide bonds. The average Bonchev–Trinajstić information content (AvgIpc) is 2.46. The number of benzene rings is 2. The Bertz CT molecular complexity index is 644. The predicted molar refractivity (Wildman–Crippen MR) is 94.2 cm³/mol. The first kappa shape index (κ1) is 15.4. The van der Waals surface area contributed by atoms with Gasteiger partial charge in [0, 0.05) is 14.6 Å². The number of urea groups is 1. The maximum Gasteiger partial charge on any atom is 0.319 e. The van der Waals surface area contributed by atoms with Crippen molar-refractivity contribution in [2.45, 2.75) is 46.1 Å². The van der Waals surface area contributed by atoms with Crippen molar-refractivity contribution in [3.8, 4) is 0 Å². The van der Waals surface area contributed by atoms with Crippen LogP contribution in [0.3, 0.4) is 0 Å². The van der Waals surface area contributed by atoms with E-state index < -0.39 is 0 Å². The summed E-state index contributed by atoms with van der Waals surface area (Å²) in [4.78, 5) is 11.8. The summed E-state index contributed by atoms with van der Waals surface area (Å²) in [5, 5.41) is 8.13. The van der Waals surface area contributed by atoms with Gasteiger partial charge >= 0.3 is 6.03 Å². The Hall–Kier alpha value is -2.03. The van der Waals surface area contributed by atoms with E-state index in [1.807, 2.05) is 26.0 Å². The van der Waals surface area contributed by atoms with E-state index in [4.69, 9.17) is 0 Å². The van der Waals surface area contributed by atoms with Gasteiger partial charge in [-0.15, -0.1) is 0 Å². The van der Waals surface area contributed by atoms with Gasteiger partial charge in [-0.1, -0.05) is 45.0 Å². The van der Waals surface area contributed by atoms with Gasteiger partial charge < -0.3 is 10.6 Å². The number of carbonyl (C=O) groups excluding carboxylic acids is 1. The van der Waals surface area contributed by atoms with Crippen molar-refractivity contribution in [2.75, 3.05) is 5.32 Å². The van der Waals surface area contributed by atoms with Crippen LogP contribution in [0.5, 0.6) is 0 Å². The SMILES string of the molecule is CCC(C)NC(=O)Nc1ccc2cc(C(C)C)ccc2c1.[HH].[HH]. The Kier molecular flexibility index (Phi) is 4.84. The van der Waals surface area contributed by atoms with Crippen LogP contribution < -0.4 is 10.6 Å². The molecule has 0 aromatic heterocycles. The number of carbonyl (C=O) groups is 1. The molecular weight excluding hydrogens is 260 g/mol. The second-order valence-electron chi connectivity index (χ2n) is 5.88. The topological polar surface area (TPSA) is 41.1 Å². The molecule has 21 heavy (non-hydrogen) atoms. The van der Waals surface area contributed by atoms with Gasteiger partial charge in [0.05, 0.1) is 0 Å². The fourth-order valence-corrected chi connectivity index (χ4v) is 2.19.